The van der Waals surface area contributed by atoms with E-state index in [1.807, 2.05) is 6.07 Å². The van der Waals surface area contributed by atoms with E-state index in [2.05, 4.69) is 6.92 Å². The van der Waals surface area contributed by atoms with E-state index in [1.54, 1.807) is 0 Å². The van der Waals surface area contributed by atoms with Gasteiger partial charge in [0.2, 0.25) is 0 Å². The molecule has 2 rings (SSSR count). The molecule has 1 aliphatic rings. The fourth-order valence-corrected chi connectivity index (χ4v) is 4.03. The Hall–Kier alpha value is -1.52. The molecule has 1 aliphatic carbocycles. The number of alkyl halides is 3. The lowest BCUT2D eigenvalue weighted by molar-refractivity contribution is -0.0801. The molecule has 0 aliphatic heterocycles. The van der Waals surface area contributed by atoms with Crippen molar-refractivity contribution in [2.75, 3.05) is 6.61 Å². The van der Waals surface area contributed by atoms with Crippen LogP contribution in [-0.4, -0.2) is 12.8 Å². The molecule has 0 heterocycles. The van der Waals surface area contributed by atoms with Crippen molar-refractivity contribution >= 4 is 0 Å². The molecule has 0 spiro atoms. The van der Waals surface area contributed by atoms with Crippen LogP contribution >= 0.6 is 0 Å². The van der Waals surface area contributed by atoms with Gasteiger partial charge in [0, 0.05) is 6.08 Å². The first-order valence-electron chi connectivity index (χ1n) is 10.6. The van der Waals surface area contributed by atoms with Gasteiger partial charge in [0.05, 0.1) is 0 Å². The highest BCUT2D eigenvalue weighted by Gasteiger charge is 2.23. The Bertz CT molecular complexity index is 601. The van der Waals surface area contributed by atoms with E-state index in [1.165, 1.54) is 63.5 Å². The molecule has 1 aromatic carbocycles. The third-order valence-electron chi connectivity index (χ3n) is 5.63. The number of rotatable bonds is 10. The zero-order chi connectivity index (χ0) is 20.4. The maximum Gasteiger partial charge on any atom is 0.409 e. The Morgan fingerprint density at radius 2 is 1.75 bits per heavy atom. The summed E-state index contributed by atoms with van der Waals surface area (Å²) in [4.78, 5) is 0. The van der Waals surface area contributed by atoms with Crippen molar-refractivity contribution in [3.63, 3.8) is 0 Å². The van der Waals surface area contributed by atoms with Gasteiger partial charge in [-0.25, -0.2) is 4.39 Å². The van der Waals surface area contributed by atoms with E-state index in [0.717, 1.165) is 30.4 Å². The van der Waals surface area contributed by atoms with Crippen LogP contribution < -0.4 is 4.74 Å². The van der Waals surface area contributed by atoms with Gasteiger partial charge in [-0.1, -0.05) is 51.5 Å². The molecule has 158 valence electrons. The summed E-state index contributed by atoms with van der Waals surface area (Å²) < 4.78 is 55.5. The molecular weight excluding hydrogens is 368 g/mol. The van der Waals surface area contributed by atoms with Crippen LogP contribution in [0.4, 0.5) is 17.6 Å². The van der Waals surface area contributed by atoms with Crippen LogP contribution in [0.5, 0.6) is 5.75 Å². The highest BCUT2D eigenvalue weighted by molar-refractivity contribution is 5.31. The molecule has 0 bridgehead atoms. The standard InChI is InChI=1S/C23H32F4O/c1-2-3-4-5-6-8-18-9-11-19(12-10-18)20-13-14-22(21(24)17-20)28-16-7-15-23(25,26)27/h7,13-15,17-19H,2-6,8-12,16H2,1H3/b15-7+. The lowest BCUT2D eigenvalue weighted by atomic mass is 9.77. The van der Waals surface area contributed by atoms with E-state index < -0.39 is 12.0 Å². The predicted molar refractivity (Wildman–Crippen MR) is 105 cm³/mol. The molecule has 0 N–H and O–H groups in total. The van der Waals surface area contributed by atoms with E-state index >= 15 is 0 Å². The minimum absolute atomic E-state index is 0.00339. The average Bonchev–Trinajstić information content (AvgIpc) is 2.66. The smallest absolute Gasteiger partial charge is 0.409 e. The Morgan fingerprint density at radius 1 is 1.04 bits per heavy atom. The molecule has 0 aromatic heterocycles. The average molecular weight is 401 g/mol. The number of halogens is 4. The first kappa shape index (κ1) is 22.8. The molecule has 0 radical (unpaired) electrons. The van der Waals surface area contributed by atoms with Gasteiger partial charge in [-0.2, -0.15) is 13.2 Å². The third kappa shape index (κ3) is 8.24. The van der Waals surface area contributed by atoms with Crippen molar-refractivity contribution in [3.8, 4) is 5.75 Å². The van der Waals surface area contributed by atoms with Gasteiger partial charge in [-0.05, 0) is 61.3 Å². The SMILES string of the molecule is CCCCCCCC1CCC(c2ccc(OC/C=C/C(F)(F)F)c(F)c2)CC1. The van der Waals surface area contributed by atoms with E-state index in [9.17, 15) is 17.6 Å². The lowest BCUT2D eigenvalue weighted by Crippen LogP contribution is -2.13. The van der Waals surface area contributed by atoms with E-state index in [-0.39, 0.29) is 18.4 Å². The number of hydrogen-bond donors (Lipinski definition) is 0. The van der Waals surface area contributed by atoms with E-state index in [4.69, 9.17) is 4.74 Å². The van der Waals surface area contributed by atoms with Crippen LogP contribution in [-0.2, 0) is 0 Å². The topological polar surface area (TPSA) is 9.23 Å². The minimum atomic E-state index is -4.37. The van der Waals surface area contributed by atoms with Gasteiger partial charge in [0.25, 0.3) is 0 Å². The van der Waals surface area contributed by atoms with Crippen LogP contribution in [0.3, 0.4) is 0 Å². The highest BCUT2D eigenvalue weighted by Crippen LogP contribution is 2.38. The molecule has 28 heavy (non-hydrogen) atoms. The van der Waals surface area contributed by atoms with Crippen LogP contribution in [0, 0.1) is 11.7 Å². The van der Waals surface area contributed by atoms with Crippen LogP contribution in [0.25, 0.3) is 0 Å². The largest absolute Gasteiger partial charge is 0.486 e. The summed E-state index contributed by atoms with van der Waals surface area (Å²) in [5, 5.41) is 0. The maximum absolute atomic E-state index is 14.2. The lowest BCUT2D eigenvalue weighted by Gasteiger charge is -2.29. The fourth-order valence-electron chi connectivity index (χ4n) is 4.03. The summed E-state index contributed by atoms with van der Waals surface area (Å²) >= 11 is 0. The first-order valence-corrected chi connectivity index (χ1v) is 10.6. The molecule has 1 aromatic rings. The summed E-state index contributed by atoms with van der Waals surface area (Å²) in [6.07, 6.45) is 9.01. The fraction of sp³-hybridized carbons (Fsp3) is 0.652. The van der Waals surface area contributed by atoms with Crippen molar-refractivity contribution < 1.29 is 22.3 Å². The molecule has 0 atom stereocenters. The van der Waals surface area contributed by atoms with Crippen molar-refractivity contribution in [3.05, 3.63) is 41.7 Å². The van der Waals surface area contributed by atoms with Gasteiger partial charge in [-0.3, -0.25) is 0 Å². The minimum Gasteiger partial charge on any atom is -0.486 e. The summed E-state index contributed by atoms with van der Waals surface area (Å²) in [7, 11) is 0. The number of benzene rings is 1. The van der Waals surface area contributed by atoms with Gasteiger partial charge >= 0.3 is 6.18 Å². The van der Waals surface area contributed by atoms with Crippen molar-refractivity contribution in [1.29, 1.82) is 0 Å². The molecule has 0 amide bonds. The molecule has 1 fully saturated rings. The Kier molecular flexibility index (Phi) is 9.33. The second kappa shape index (κ2) is 11.5. The molecule has 0 unspecified atom stereocenters. The summed E-state index contributed by atoms with van der Waals surface area (Å²) in [5.74, 6) is 0.656. The second-order valence-electron chi connectivity index (χ2n) is 7.87. The first-order chi connectivity index (χ1) is 13.4. The van der Waals surface area contributed by atoms with Gasteiger partial charge < -0.3 is 4.74 Å². The van der Waals surface area contributed by atoms with Gasteiger partial charge in [0.1, 0.15) is 6.61 Å². The normalized spacial score (nSPS) is 20.6. The zero-order valence-corrected chi connectivity index (χ0v) is 16.7. The van der Waals surface area contributed by atoms with Crippen LogP contribution in [0.15, 0.2) is 30.4 Å². The van der Waals surface area contributed by atoms with Crippen LogP contribution in [0.2, 0.25) is 0 Å². The Labute approximate surface area is 166 Å². The second-order valence-corrected chi connectivity index (χ2v) is 7.87. The summed E-state index contributed by atoms with van der Waals surface area (Å²) in [5.41, 5.74) is 0.970. The Morgan fingerprint density at radius 3 is 2.39 bits per heavy atom. The monoisotopic (exact) mass is 400 g/mol. The van der Waals surface area contributed by atoms with Crippen molar-refractivity contribution in [1.82, 2.24) is 0 Å². The predicted octanol–water partition coefficient (Wildman–Crippen LogP) is 7.96. The quantitative estimate of drug-likeness (QED) is 0.220. The molecule has 1 nitrogen and oxygen atoms in total. The summed E-state index contributed by atoms with van der Waals surface area (Å²) in [6.45, 7) is 1.92. The van der Waals surface area contributed by atoms with Crippen LogP contribution in [0.1, 0.15) is 82.6 Å². The number of allylic oxidation sites excluding steroid dienone is 1. The summed E-state index contributed by atoms with van der Waals surface area (Å²) in [6, 6.07) is 4.87. The zero-order valence-electron chi connectivity index (χ0n) is 16.7. The number of hydrogen-bond acceptors (Lipinski definition) is 1. The number of unbranched alkanes of at least 4 members (excludes halogenated alkanes) is 4. The van der Waals surface area contributed by atoms with E-state index in [0.29, 0.717) is 5.92 Å². The number of ether oxygens (including phenoxy) is 1. The maximum atomic E-state index is 14.2. The van der Waals surface area contributed by atoms with Crippen molar-refractivity contribution in [2.45, 2.75) is 83.2 Å². The third-order valence-corrected chi connectivity index (χ3v) is 5.63. The highest BCUT2D eigenvalue weighted by atomic mass is 19.4. The van der Waals surface area contributed by atoms with Crippen molar-refractivity contribution in [2.24, 2.45) is 5.92 Å². The molecule has 0 saturated heterocycles. The Balaban J connectivity index is 1.76. The van der Waals surface area contributed by atoms with Gasteiger partial charge in [0.15, 0.2) is 11.6 Å². The molecular formula is C23H32F4O. The van der Waals surface area contributed by atoms with Gasteiger partial charge in [-0.15, -0.1) is 0 Å². The molecule has 5 heteroatoms. The molecule has 1 saturated carbocycles.